The van der Waals surface area contributed by atoms with Gasteiger partial charge in [0.15, 0.2) is 12.4 Å². The minimum atomic E-state index is -1.81. The Kier molecular flexibility index (Phi) is 8.78. The summed E-state index contributed by atoms with van der Waals surface area (Å²) in [6.07, 6.45) is -2.42. The van der Waals surface area contributed by atoms with E-state index >= 15 is 0 Å². The third kappa shape index (κ3) is 6.22. The van der Waals surface area contributed by atoms with Gasteiger partial charge >= 0.3 is 11.9 Å². The summed E-state index contributed by atoms with van der Waals surface area (Å²) >= 11 is 0. The molecular weight excluding hydrogens is 416 g/mol. The van der Waals surface area contributed by atoms with Crippen LogP contribution in [-0.4, -0.2) is 103 Å². The molecule has 1 saturated heterocycles. The van der Waals surface area contributed by atoms with Crippen LogP contribution in [0.3, 0.4) is 0 Å². The number of ether oxygens (including phenoxy) is 5. The predicted molar refractivity (Wildman–Crippen MR) is 101 cm³/mol. The largest absolute Gasteiger partial charge is 0.463 e. The van der Waals surface area contributed by atoms with Gasteiger partial charge in [-0.1, -0.05) is 12.2 Å². The summed E-state index contributed by atoms with van der Waals surface area (Å²) in [4.78, 5) is 23.9. The zero-order chi connectivity index (χ0) is 22.4. The average molecular weight is 446 g/mol. The summed E-state index contributed by atoms with van der Waals surface area (Å²) in [5.41, 5.74) is 0. The van der Waals surface area contributed by atoms with E-state index in [1.54, 1.807) is 0 Å². The van der Waals surface area contributed by atoms with Crippen LogP contribution >= 0.6 is 0 Å². The number of aliphatic hydroxyl groups is 4. The molecule has 1 heterocycles. The Hall–Kier alpha value is -1.60. The van der Waals surface area contributed by atoms with Crippen molar-refractivity contribution in [2.75, 3.05) is 39.6 Å². The second-order valence-corrected chi connectivity index (χ2v) is 7.87. The summed E-state index contributed by atoms with van der Waals surface area (Å²) in [6.45, 7) is 0.852. The Bertz CT molecular complexity index is 639. The van der Waals surface area contributed by atoms with E-state index in [2.05, 4.69) is 12.2 Å². The molecule has 8 atom stereocenters. The van der Waals surface area contributed by atoms with Crippen molar-refractivity contribution in [1.29, 1.82) is 0 Å². The van der Waals surface area contributed by atoms with E-state index in [1.807, 2.05) is 0 Å². The van der Waals surface area contributed by atoms with Gasteiger partial charge in [0.25, 0.3) is 0 Å². The maximum Gasteiger partial charge on any atom is 0.338 e. The molecule has 3 aliphatic rings. The molecule has 0 aromatic heterocycles. The van der Waals surface area contributed by atoms with Crippen LogP contribution in [0.5, 0.6) is 0 Å². The fourth-order valence-corrected chi connectivity index (χ4v) is 4.02. The van der Waals surface area contributed by atoms with Crippen molar-refractivity contribution >= 4 is 11.9 Å². The molecule has 1 saturated carbocycles. The van der Waals surface area contributed by atoms with Crippen molar-refractivity contribution in [2.24, 2.45) is 17.8 Å². The van der Waals surface area contributed by atoms with E-state index in [0.717, 1.165) is 12.8 Å². The Morgan fingerprint density at radius 2 is 1.39 bits per heavy atom. The molecule has 1 aliphatic heterocycles. The summed E-state index contributed by atoms with van der Waals surface area (Å²) < 4.78 is 25.5. The molecule has 0 radical (unpaired) electrons. The smallest absolute Gasteiger partial charge is 0.338 e. The van der Waals surface area contributed by atoms with Gasteiger partial charge in [-0.05, 0) is 24.7 Å². The first kappa shape index (κ1) is 24.1. The van der Waals surface area contributed by atoms with E-state index in [1.165, 1.54) is 0 Å². The molecule has 2 aliphatic carbocycles. The van der Waals surface area contributed by atoms with Gasteiger partial charge in [0.1, 0.15) is 31.5 Å². The van der Waals surface area contributed by atoms with Gasteiger partial charge in [0.2, 0.25) is 0 Å². The van der Waals surface area contributed by atoms with E-state index in [9.17, 15) is 30.0 Å². The predicted octanol–water partition coefficient (Wildman–Crippen LogP) is -1.88. The van der Waals surface area contributed by atoms with Gasteiger partial charge < -0.3 is 44.1 Å². The molecule has 2 bridgehead atoms. The zero-order valence-electron chi connectivity index (χ0n) is 17.1. The third-order valence-electron chi connectivity index (χ3n) is 5.72. The minimum absolute atomic E-state index is 0.0299. The molecule has 0 spiro atoms. The fourth-order valence-electron chi connectivity index (χ4n) is 4.02. The van der Waals surface area contributed by atoms with Crippen LogP contribution in [0.15, 0.2) is 12.2 Å². The summed E-state index contributed by atoms with van der Waals surface area (Å²) in [6, 6.07) is 0. The number of rotatable bonds is 11. The molecule has 2 fully saturated rings. The molecule has 3 rings (SSSR count). The maximum atomic E-state index is 12.0. The zero-order valence-corrected chi connectivity index (χ0v) is 17.1. The molecule has 176 valence electrons. The van der Waals surface area contributed by atoms with Gasteiger partial charge in [-0.2, -0.15) is 0 Å². The molecule has 1 unspecified atom stereocenters. The molecule has 31 heavy (non-hydrogen) atoms. The maximum absolute atomic E-state index is 12.0. The Morgan fingerprint density at radius 3 is 1.97 bits per heavy atom. The highest BCUT2D eigenvalue weighted by molar-refractivity contribution is 5.75. The van der Waals surface area contributed by atoms with Crippen LogP contribution in [-0.2, 0) is 33.3 Å². The summed E-state index contributed by atoms with van der Waals surface area (Å²) in [5, 5.41) is 38.1. The summed E-state index contributed by atoms with van der Waals surface area (Å²) in [5.74, 6) is -0.361. The molecular formula is C20H30O11. The van der Waals surface area contributed by atoms with Crippen molar-refractivity contribution in [3.63, 3.8) is 0 Å². The molecule has 11 nitrogen and oxygen atoms in total. The monoisotopic (exact) mass is 446 g/mol. The third-order valence-corrected chi connectivity index (χ3v) is 5.72. The lowest BCUT2D eigenvalue weighted by Gasteiger charge is -2.36. The lowest BCUT2D eigenvalue weighted by molar-refractivity contribution is -0.281. The highest BCUT2D eigenvalue weighted by Crippen LogP contribution is 2.43. The van der Waals surface area contributed by atoms with E-state index < -0.39 is 36.7 Å². The van der Waals surface area contributed by atoms with Gasteiger partial charge in [-0.3, -0.25) is 4.79 Å². The van der Waals surface area contributed by atoms with Crippen molar-refractivity contribution in [1.82, 2.24) is 0 Å². The standard InChI is InChI=1S/C20H30O11/c21-14-15(22)17(31-19(25)16(14)23)20(26)30-8-6-28-4-3-27-5-7-29-18(24)13-10-11-1-2-12(13)9-11/h1-2,11-17,19,21-23,25H,3-10H2/t11-,12+,13?,14-,15+,16+,17-,19-/m0/s1. The number of aliphatic hydroxyl groups excluding tert-OH is 4. The van der Waals surface area contributed by atoms with Crippen LogP contribution in [0.25, 0.3) is 0 Å². The topological polar surface area (TPSA) is 161 Å². The van der Waals surface area contributed by atoms with Gasteiger partial charge in [-0.15, -0.1) is 0 Å². The summed E-state index contributed by atoms with van der Waals surface area (Å²) in [7, 11) is 0. The number of allylic oxidation sites excluding steroid dienone is 2. The van der Waals surface area contributed by atoms with Crippen LogP contribution in [0, 0.1) is 17.8 Å². The molecule has 0 amide bonds. The van der Waals surface area contributed by atoms with E-state index in [0.29, 0.717) is 11.8 Å². The number of hydrogen-bond donors (Lipinski definition) is 4. The van der Waals surface area contributed by atoms with Gasteiger partial charge in [-0.25, -0.2) is 4.79 Å². The number of carbonyl (C=O) groups is 2. The SMILES string of the molecule is O=C(OCCOCCOCCOC(=O)[C@H]1O[C@H](O)[C@H](O)[C@@H](O)[C@H]1O)C1C[C@H]2C=C[C@@H]1C2. The van der Waals surface area contributed by atoms with Gasteiger partial charge in [0, 0.05) is 0 Å². The number of esters is 2. The Morgan fingerprint density at radius 1 is 0.774 bits per heavy atom. The first-order valence-electron chi connectivity index (χ1n) is 10.4. The highest BCUT2D eigenvalue weighted by atomic mass is 16.7. The number of hydrogen-bond acceptors (Lipinski definition) is 11. The highest BCUT2D eigenvalue weighted by Gasteiger charge is 2.47. The van der Waals surface area contributed by atoms with E-state index in [4.69, 9.17) is 23.7 Å². The first-order chi connectivity index (χ1) is 14.9. The Balaban J connectivity index is 1.16. The molecule has 4 N–H and O–H groups in total. The van der Waals surface area contributed by atoms with Crippen molar-refractivity contribution in [3.05, 3.63) is 12.2 Å². The second-order valence-electron chi connectivity index (χ2n) is 7.87. The molecule has 0 aromatic carbocycles. The van der Waals surface area contributed by atoms with Crippen molar-refractivity contribution in [3.8, 4) is 0 Å². The van der Waals surface area contributed by atoms with E-state index in [-0.39, 0.29) is 51.5 Å². The first-order valence-corrected chi connectivity index (χ1v) is 10.4. The average Bonchev–Trinajstić information content (AvgIpc) is 3.39. The van der Waals surface area contributed by atoms with Crippen molar-refractivity contribution in [2.45, 2.75) is 43.5 Å². The quantitative estimate of drug-likeness (QED) is 0.160. The minimum Gasteiger partial charge on any atom is -0.463 e. The lowest BCUT2D eigenvalue weighted by Crippen LogP contribution is -2.60. The fraction of sp³-hybridized carbons (Fsp3) is 0.800. The van der Waals surface area contributed by atoms with Crippen molar-refractivity contribution < 1.29 is 53.7 Å². The van der Waals surface area contributed by atoms with Crippen LogP contribution in [0.2, 0.25) is 0 Å². The molecule has 0 aromatic rings. The number of fused-ring (bicyclic) bond motifs is 2. The lowest BCUT2D eigenvalue weighted by atomic mass is 9.94. The number of carbonyl (C=O) groups excluding carboxylic acids is 2. The normalized spacial score (nSPS) is 36.5. The van der Waals surface area contributed by atoms with Crippen LogP contribution in [0.1, 0.15) is 12.8 Å². The van der Waals surface area contributed by atoms with Gasteiger partial charge in [0.05, 0.1) is 32.3 Å². The Labute approximate surface area is 179 Å². The van der Waals surface area contributed by atoms with Crippen LogP contribution in [0.4, 0.5) is 0 Å². The molecule has 11 heteroatoms. The van der Waals surface area contributed by atoms with Crippen LogP contribution < -0.4 is 0 Å². The second kappa shape index (κ2) is 11.3.